The quantitative estimate of drug-likeness (QED) is 0.858. The second kappa shape index (κ2) is 7.06. The number of sulfonamides is 1. The summed E-state index contributed by atoms with van der Waals surface area (Å²) in [6.07, 6.45) is 4.31. The molecule has 1 heterocycles. The second-order valence-corrected chi connectivity index (χ2v) is 10.1. The lowest BCUT2D eigenvalue weighted by molar-refractivity contribution is -0.116. The first-order chi connectivity index (χ1) is 11.3. The largest absolute Gasteiger partial charge is 0.325 e. The fourth-order valence-corrected chi connectivity index (χ4v) is 5.65. The second-order valence-electron chi connectivity index (χ2n) is 6.92. The number of amides is 1. The molecule has 1 atom stereocenters. The van der Waals surface area contributed by atoms with E-state index in [2.05, 4.69) is 17.0 Å². The van der Waals surface area contributed by atoms with E-state index in [-0.39, 0.29) is 22.1 Å². The van der Waals surface area contributed by atoms with Crippen LogP contribution < -0.4 is 10.0 Å². The van der Waals surface area contributed by atoms with E-state index in [1.807, 2.05) is 6.92 Å². The molecular weight excluding hydrogens is 344 g/mol. The van der Waals surface area contributed by atoms with Crippen LogP contribution in [0.5, 0.6) is 0 Å². The van der Waals surface area contributed by atoms with Gasteiger partial charge in [-0.15, -0.1) is 11.8 Å². The van der Waals surface area contributed by atoms with E-state index >= 15 is 0 Å². The third-order valence-electron chi connectivity index (χ3n) is 4.67. The first-order valence-corrected chi connectivity index (χ1v) is 10.8. The van der Waals surface area contributed by atoms with Gasteiger partial charge in [0.15, 0.2) is 0 Å². The lowest BCUT2D eigenvalue weighted by atomic mass is 9.88. The van der Waals surface area contributed by atoms with Crippen molar-refractivity contribution in [3.8, 4) is 0 Å². The average molecular weight is 369 g/mol. The maximum Gasteiger partial charge on any atom is 0.240 e. The van der Waals surface area contributed by atoms with Crippen molar-refractivity contribution in [3.63, 3.8) is 0 Å². The molecule has 1 aliphatic carbocycles. The Bertz CT molecular complexity index is 725. The summed E-state index contributed by atoms with van der Waals surface area (Å²) >= 11 is 1.59. The number of benzene rings is 1. The van der Waals surface area contributed by atoms with Crippen LogP contribution in [0.4, 0.5) is 5.69 Å². The first kappa shape index (κ1) is 17.8. The van der Waals surface area contributed by atoms with E-state index in [0.29, 0.717) is 18.0 Å². The maximum absolute atomic E-state index is 12.7. The number of carbonyl (C=O) groups is 1. The van der Waals surface area contributed by atoms with Crippen molar-refractivity contribution >= 4 is 33.4 Å². The van der Waals surface area contributed by atoms with Crippen LogP contribution in [0.15, 0.2) is 28.0 Å². The Morgan fingerprint density at radius 3 is 2.58 bits per heavy atom. The molecule has 1 aliphatic heterocycles. The predicted octanol–water partition coefficient (Wildman–Crippen LogP) is 3.37. The van der Waals surface area contributed by atoms with Crippen LogP contribution in [0.1, 0.15) is 46.0 Å². The number of rotatable bonds is 3. The number of fused-ring (bicyclic) bond motifs is 1. The van der Waals surface area contributed by atoms with Crippen LogP contribution in [0.25, 0.3) is 0 Å². The number of hydrogen-bond acceptors (Lipinski definition) is 4. The normalized spacial score (nSPS) is 27.9. The van der Waals surface area contributed by atoms with Gasteiger partial charge in [-0.2, -0.15) is 0 Å². The standard InChI is InChI=1S/C17H24N2O3S2/c1-11-3-5-13(6-4-11)19-24(21,22)14-7-8-16-15(10-14)18-17(20)9-12(2)23-16/h7-8,10-13,19H,3-6,9H2,1-2H3,(H,18,20). The molecule has 3 rings (SSSR count). The lowest BCUT2D eigenvalue weighted by Crippen LogP contribution is -2.37. The number of thioether (sulfide) groups is 1. The zero-order valence-electron chi connectivity index (χ0n) is 14.0. The van der Waals surface area contributed by atoms with E-state index in [9.17, 15) is 13.2 Å². The van der Waals surface area contributed by atoms with Crippen molar-refractivity contribution in [1.82, 2.24) is 4.72 Å². The highest BCUT2D eigenvalue weighted by Crippen LogP contribution is 2.36. The number of hydrogen-bond donors (Lipinski definition) is 2. The molecule has 1 amide bonds. The van der Waals surface area contributed by atoms with Crippen molar-refractivity contribution in [2.45, 2.75) is 67.0 Å². The molecule has 0 saturated heterocycles. The van der Waals surface area contributed by atoms with Crippen LogP contribution >= 0.6 is 11.8 Å². The molecule has 1 aromatic rings. The van der Waals surface area contributed by atoms with Crippen LogP contribution in [-0.2, 0) is 14.8 Å². The molecular formula is C17H24N2O3S2. The maximum atomic E-state index is 12.7. The lowest BCUT2D eigenvalue weighted by Gasteiger charge is -2.26. The Kier molecular flexibility index (Phi) is 5.22. The monoisotopic (exact) mass is 368 g/mol. The van der Waals surface area contributed by atoms with Crippen molar-refractivity contribution in [3.05, 3.63) is 18.2 Å². The van der Waals surface area contributed by atoms with E-state index in [1.54, 1.807) is 30.0 Å². The Morgan fingerprint density at radius 1 is 1.17 bits per heavy atom. The highest BCUT2D eigenvalue weighted by atomic mass is 32.2. The average Bonchev–Trinajstić information content (AvgIpc) is 2.64. The third kappa shape index (κ3) is 4.13. The number of anilines is 1. The summed E-state index contributed by atoms with van der Waals surface area (Å²) in [6.45, 7) is 4.20. The van der Waals surface area contributed by atoms with Crippen LogP contribution in [0.3, 0.4) is 0 Å². The zero-order chi connectivity index (χ0) is 17.3. The molecule has 0 aromatic heterocycles. The van der Waals surface area contributed by atoms with E-state index in [4.69, 9.17) is 0 Å². The minimum Gasteiger partial charge on any atom is -0.325 e. The summed E-state index contributed by atoms with van der Waals surface area (Å²) in [7, 11) is -3.56. The number of carbonyl (C=O) groups excluding carboxylic acids is 1. The minimum atomic E-state index is -3.56. The Labute approximate surface area is 148 Å². The summed E-state index contributed by atoms with van der Waals surface area (Å²) in [5.74, 6) is 0.602. The van der Waals surface area contributed by atoms with Gasteiger partial charge in [-0.3, -0.25) is 4.79 Å². The van der Waals surface area contributed by atoms with Crippen molar-refractivity contribution in [1.29, 1.82) is 0 Å². The molecule has 24 heavy (non-hydrogen) atoms. The molecule has 132 valence electrons. The minimum absolute atomic E-state index is 0.00833. The van der Waals surface area contributed by atoms with Gasteiger partial charge in [0, 0.05) is 22.6 Å². The molecule has 1 aromatic carbocycles. The predicted molar refractivity (Wildman–Crippen MR) is 96.7 cm³/mol. The molecule has 0 bridgehead atoms. The van der Waals surface area contributed by atoms with Gasteiger partial charge < -0.3 is 5.32 Å². The number of nitrogens with one attached hydrogen (secondary N) is 2. The highest BCUT2D eigenvalue weighted by molar-refractivity contribution is 8.00. The highest BCUT2D eigenvalue weighted by Gasteiger charge is 2.26. The summed E-state index contributed by atoms with van der Waals surface area (Å²) < 4.78 is 28.2. The van der Waals surface area contributed by atoms with E-state index in [0.717, 1.165) is 30.6 Å². The van der Waals surface area contributed by atoms with Crippen LogP contribution in [-0.4, -0.2) is 25.6 Å². The van der Waals surface area contributed by atoms with Gasteiger partial charge in [0.1, 0.15) is 0 Å². The van der Waals surface area contributed by atoms with E-state index < -0.39 is 10.0 Å². The zero-order valence-corrected chi connectivity index (χ0v) is 15.7. The summed E-state index contributed by atoms with van der Waals surface area (Å²) in [6, 6.07) is 5.00. The van der Waals surface area contributed by atoms with Gasteiger partial charge in [0.2, 0.25) is 15.9 Å². The Hall–Kier alpha value is -1.05. The molecule has 1 unspecified atom stereocenters. The SMILES string of the molecule is CC1CCC(NS(=O)(=O)c2ccc3c(c2)NC(=O)CC(C)S3)CC1. The summed E-state index contributed by atoms with van der Waals surface area (Å²) in [5, 5.41) is 3.00. The molecule has 7 heteroatoms. The summed E-state index contributed by atoms with van der Waals surface area (Å²) in [5.41, 5.74) is 0.592. The van der Waals surface area contributed by atoms with Crippen molar-refractivity contribution in [2.24, 2.45) is 5.92 Å². The molecule has 1 saturated carbocycles. The van der Waals surface area contributed by atoms with Gasteiger partial charge >= 0.3 is 0 Å². The van der Waals surface area contributed by atoms with Crippen LogP contribution in [0.2, 0.25) is 0 Å². The van der Waals surface area contributed by atoms with Crippen molar-refractivity contribution < 1.29 is 13.2 Å². The topological polar surface area (TPSA) is 75.3 Å². The molecule has 5 nitrogen and oxygen atoms in total. The first-order valence-electron chi connectivity index (χ1n) is 8.46. The van der Waals surface area contributed by atoms with Gasteiger partial charge in [0.05, 0.1) is 10.6 Å². The fraction of sp³-hybridized carbons (Fsp3) is 0.588. The van der Waals surface area contributed by atoms with Crippen molar-refractivity contribution in [2.75, 3.05) is 5.32 Å². The Balaban J connectivity index is 1.80. The van der Waals surface area contributed by atoms with Gasteiger partial charge in [0.25, 0.3) is 0 Å². The molecule has 0 spiro atoms. The van der Waals surface area contributed by atoms with Gasteiger partial charge in [-0.25, -0.2) is 13.1 Å². The fourth-order valence-electron chi connectivity index (χ4n) is 3.26. The van der Waals surface area contributed by atoms with E-state index in [1.165, 1.54) is 0 Å². The summed E-state index contributed by atoms with van der Waals surface area (Å²) in [4.78, 5) is 13.0. The molecule has 1 fully saturated rings. The third-order valence-corrected chi connectivity index (χ3v) is 7.37. The van der Waals surface area contributed by atoms with Crippen LogP contribution in [0, 0.1) is 5.92 Å². The molecule has 0 radical (unpaired) electrons. The molecule has 2 N–H and O–H groups in total. The Morgan fingerprint density at radius 2 is 1.88 bits per heavy atom. The molecule has 2 aliphatic rings. The van der Waals surface area contributed by atoms with Gasteiger partial charge in [-0.1, -0.05) is 13.8 Å². The van der Waals surface area contributed by atoms with Gasteiger partial charge in [-0.05, 0) is 49.8 Å². The smallest absolute Gasteiger partial charge is 0.240 e.